The van der Waals surface area contributed by atoms with Gasteiger partial charge in [-0.05, 0) is 25.0 Å². The summed E-state index contributed by atoms with van der Waals surface area (Å²) in [5, 5.41) is 13.6. The summed E-state index contributed by atoms with van der Waals surface area (Å²) in [6.45, 7) is 0. The summed E-state index contributed by atoms with van der Waals surface area (Å²) in [6, 6.07) is 3.45. The lowest BCUT2D eigenvalue weighted by Gasteiger charge is -2.14. The number of aromatic nitrogens is 4. The third kappa shape index (κ3) is 3.91. The molecule has 3 rings (SSSR count). The van der Waals surface area contributed by atoms with Crippen molar-refractivity contribution in [3.05, 3.63) is 23.9 Å². The second-order valence-corrected chi connectivity index (χ2v) is 7.91. The molecule has 0 saturated heterocycles. The smallest absolute Gasteiger partial charge is 0.367 e. The Hall–Kier alpha value is -2.17. The molecule has 2 aromatic heterocycles. The Morgan fingerprint density at radius 3 is 2.40 bits per heavy atom. The molecule has 2 aromatic rings. The molecule has 0 amide bonds. The number of halogens is 3. The van der Waals surface area contributed by atoms with Crippen molar-refractivity contribution in [2.45, 2.75) is 42.9 Å². The average Bonchev–Trinajstić information content (AvgIpc) is 3.16. The summed E-state index contributed by atoms with van der Waals surface area (Å²) in [4.78, 5) is 0. The molecule has 1 aliphatic rings. The quantitative estimate of drug-likeness (QED) is 0.883. The lowest BCUT2D eigenvalue weighted by molar-refractivity contribution is -0.141. The molecule has 0 bridgehead atoms. The first-order valence-corrected chi connectivity index (χ1v) is 9.52. The summed E-state index contributed by atoms with van der Waals surface area (Å²) < 4.78 is 62.9. The van der Waals surface area contributed by atoms with Gasteiger partial charge >= 0.3 is 6.18 Å². The van der Waals surface area contributed by atoms with E-state index in [2.05, 4.69) is 20.6 Å². The van der Waals surface area contributed by atoms with E-state index in [9.17, 15) is 21.6 Å². The van der Waals surface area contributed by atoms with Crippen LogP contribution in [0, 0.1) is 0 Å². The van der Waals surface area contributed by atoms with Gasteiger partial charge in [0.25, 0.3) is 0 Å². The summed E-state index contributed by atoms with van der Waals surface area (Å²) in [7, 11) is -3.55. The molecule has 0 aliphatic heterocycles. The van der Waals surface area contributed by atoms with E-state index >= 15 is 0 Å². The second-order valence-electron chi connectivity index (χ2n) is 5.95. The summed E-state index contributed by atoms with van der Waals surface area (Å²) in [6.07, 6.45) is 0.134. The summed E-state index contributed by atoms with van der Waals surface area (Å²) in [5.41, 5.74) is -1.05. The van der Waals surface area contributed by atoms with Crippen molar-refractivity contribution in [1.82, 2.24) is 20.0 Å². The Bertz CT molecular complexity index is 856. The third-order valence-electron chi connectivity index (χ3n) is 3.93. The maximum atomic E-state index is 13.0. The van der Waals surface area contributed by atoms with Crippen LogP contribution in [-0.2, 0) is 16.0 Å². The highest BCUT2D eigenvalue weighted by molar-refractivity contribution is 7.90. The Morgan fingerprint density at radius 2 is 1.88 bits per heavy atom. The predicted octanol–water partition coefficient (Wildman–Crippen LogP) is 2.44. The van der Waals surface area contributed by atoms with Crippen LogP contribution in [0.3, 0.4) is 0 Å². The van der Waals surface area contributed by atoms with Gasteiger partial charge in [0.2, 0.25) is 0 Å². The van der Waals surface area contributed by atoms with E-state index < -0.39 is 21.7 Å². The van der Waals surface area contributed by atoms with Crippen LogP contribution in [0.1, 0.15) is 31.4 Å². The van der Waals surface area contributed by atoms with Crippen LogP contribution < -0.4 is 5.32 Å². The minimum absolute atomic E-state index is 0.00315. The number of alkyl halides is 3. The van der Waals surface area contributed by atoms with Crippen LogP contribution in [0.25, 0.3) is 5.82 Å². The van der Waals surface area contributed by atoms with Gasteiger partial charge in [-0.1, -0.05) is 12.8 Å². The largest absolute Gasteiger partial charge is 0.435 e. The zero-order valence-electron chi connectivity index (χ0n) is 13.3. The third-order valence-corrected chi connectivity index (χ3v) is 4.91. The van der Waals surface area contributed by atoms with Crippen molar-refractivity contribution in [3.63, 3.8) is 0 Å². The van der Waals surface area contributed by atoms with Crippen LogP contribution in [-0.4, -0.2) is 40.7 Å². The van der Waals surface area contributed by atoms with Gasteiger partial charge in [-0.25, -0.2) is 8.42 Å². The number of sulfone groups is 1. The highest BCUT2D eigenvalue weighted by atomic mass is 32.2. The van der Waals surface area contributed by atoms with Crippen LogP contribution in [0.4, 0.5) is 19.0 Å². The van der Waals surface area contributed by atoms with Gasteiger partial charge in [0.05, 0.1) is 0 Å². The van der Waals surface area contributed by atoms with Crippen LogP contribution in [0.15, 0.2) is 23.2 Å². The predicted molar refractivity (Wildman–Crippen MR) is 83.1 cm³/mol. The monoisotopic (exact) mass is 375 g/mol. The zero-order valence-corrected chi connectivity index (χ0v) is 14.1. The minimum atomic E-state index is -4.60. The van der Waals surface area contributed by atoms with Gasteiger partial charge in [0.1, 0.15) is 5.82 Å². The molecule has 0 spiro atoms. The molecule has 0 unspecified atom stereocenters. The Balaban J connectivity index is 1.99. The fourth-order valence-corrected chi connectivity index (χ4v) is 3.20. The first-order chi connectivity index (χ1) is 11.6. The molecule has 136 valence electrons. The number of anilines is 1. The lowest BCUT2D eigenvalue weighted by Crippen LogP contribution is -2.18. The molecule has 1 N–H and O–H groups in total. The molecule has 11 heteroatoms. The standard InChI is InChI=1S/C14H16F3N5O2S/c1-25(23,24)13-7-6-11(19-20-13)22-12(18-9-4-2-3-5-9)8-10(21-22)14(15,16)17/h6-9,18H,2-5H2,1H3. The van der Waals surface area contributed by atoms with Crippen LogP contribution in [0.5, 0.6) is 0 Å². The van der Waals surface area contributed by atoms with E-state index in [0.717, 1.165) is 42.7 Å². The highest BCUT2D eigenvalue weighted by Gasteiger charge is 2.35. The van der Waals surface area contributed by atoms with Gasteiger partial charge < -0.3 is 5.32 Å². The fraction of sp³-hybridized carbons (Fsp3) is 0.500. The molecule has 0 aromatic carbocycles. The molecule has 0 radical (unpaired) electrons. The second kappa shape index (κ2) is 6.28. The molecule has 1 saturated carbocycles. The summed E-state index contributed by atoms with van der Waals surface area (Å²) >= 11 is 0. The molecule has 25 heavy (non-hydrogen) atoms. The van der Waals surface area contributed by atoms with E-state index in [4.69, 9.17) is 0 Å². The van der Waals surface area contributed by atoms with Crippen LogP contribution >= 0.6 is 0 Å². The van der Waals surface area contributed by atoms with Crippen molar-refractivity contribution in [2.75, 3.05) is 11.6 Å². The van der Waals surface area contributed by atoms with Crippen molar-refractivity contribution < 1.29 is 21.6 Å². The normalized spacial score (nSPS) is 16.3. The highest BCUT2D eigenvalue weighted by Crippen LogP contribution is 2.32. The number of nitrogens with zero attached hydrogens (tertiary/aromatic N) is 4. The molecular weight excluding hydrogens is 359 g/mol. The number of nitrogens with one attached hydrogen (secondary N) is 1. The Kier molecular flexibility index (Phi) is 4.43. The molecule has 1 fully saturated rings. The van der Waals surface area contributed by atoms with Gasteiger partial charge in [-0.2, -0.15) is 23.0 Å². The average molecular weight is 375 g/mol. The van der Waals surface area contributed by atoms with E-state index in [-0.39, 0.29) is 22.7 Å². The van der Waals surface area contributed by atoms with Gasteiger partial charge in [0, 0.05) is 18.4 Å². The molecule has 2 heterocycles. The summed E-state index contributed by atoms with van der Waals surface area (Å²) in [5.74, 6) is 0.157. The van der Waals surface area contributed by atoms with E-state index in [1.807, 2.05) is 0 Å². The van der Waals surface area contributed by atoms with E-state index in [0.29, 0.717) is 0 Å². The van der Waals surface area contributed by atoms with Crippen molar-refractivity contribution in [1.29, 1.82) is 0 Å². The minimum Gasteiger partial charge on any atom is -0.367 e. The molecular formula is C14H16F3N5O2S. The van der Waals surface area contributed by atoms with Crippen LogP contribution in [0.2, 0.25) is 0 Å². The van der Waals surface area contributed by atoms with Crippen molar-refractivity contribution >= 4 is 15.7 Å². The number of rotatable bonds is 4. The SMILES string of the molecule is CS(=O)(=O)c1ccc(-n2nc(C(F)(F)F)cc2NC2CCCC2)nn1. The zero-order chi connectivity index (χ0) is 18.2. The fourth-order valence-electron chi connectivity index (χ4n) is 2.70. The maximum absolute atomic E-state index is 13.0. The van der Waals surface area contributed by atoms with Crippen molar-refractivity contribution in [3.8, 4) is 5.82 Å². The molecule has 7 nitrogen and oxygen atoms in total. The van der Waals surface area contributed by atoms with Crippen molar-refractivity contribution in [2.24, 2.45) is 0 Å². The number of hydrogen-bond donors (Lipinski definition) is 1. The van der Waals surface area contributed by atoms with E-state index in [1.165, 1.54) is 12.1 Å². The topological polar surface area (TPSA) is 89.8 Å². The van der Waals surface area contributed by atoms with Gasteiger partial charge in [0.15, 0.2) is 26.4 Å². The maximum Gasteiger partial charge on any atom is 0.435 e. The Labute approximate surface area is 142 Å². The molecule has 1 aliphatic carbocycles. The molecule has 0 atom stereocenters. The van der Waals surface area contributed by atoms with Gasteiger partial charge in [-0.15, -0.1) is 10.2 Å². The lowest BCUT2D eigenvalue weighted by atomic mass is 10.2. The number of hydrogen-bond acceptors (Lipinski definition) is 6. The van der Waals surface area contributed by atoms with Gasteiger partial charge in [-0.3, -0.25) is 0 Å². The first-order valence-electron chi connectivity index (χ1n) is 7.62. The Morgan fingerprint density at radius 1 is 1.20 bits per heavy atom. The van der Waals surface area contributed by atoms with E-state index in [1.54, 1.807) is 0 Å². The first kappa shape index (κ1) is 17.6.